The minimum Gasteiger partial charge on any atom is -0.393 e. The zero-order valence-electron chi connectivity index (χ0n) is 7.78. The van der Waals surface area contributed by atoms with Crippen molar-refractivity contribution in [2.45, 2.75) is 38.2 Å². The third kappa shape index (κ3) is 2.55. The highest BCUT2D eigenvalue weighted by Crippen LogP contribution is 2.29. The molecule has 2 rings (SSSR count). The third-order valence-electron chi connectivity index (χ3n) is 2.93. The van der Waals surface area contributed by atoms with Crippen molar-refractivity contribution in [2.75, 3.05) is 0 Å². The maximum absolute atomic E-state index is 9.36. The number of aliphatic hydroxyl groups is 1. The molecular weight excluding hydrogens is 180 g/mol. The molecule has 72 valence electrons. The number of rotatable bonds is 3. The van der Waals surface area contributed by atoms with Gasteiger partial charge in [0.15, 0.2) is 0 Å². The van der Waals surface area contributed by atoms with Gasteiger partial charge in [-0.05, 0) is 60.4 Å². The standard InChI is InChI=1S/C11H16OS/c12-11-4-3-9(7-11)1-2-10-5-6-13-8-10/h5-6,8-9,11-12H,1-4,7H2. The van der Waals surface area contributed by atoms with Crippen LogP contribution in [0.15, 0.2) is 16.8 Å². The molecule has 0 amide bonds. The van der Waals surface area contributed by atoms with Crippen molar-refractivity contribution in [1.29, 1.82) is 0 Å². The van der Waals surface area contributed by atoms with Crippen molar-refractivity contribution in [2.24, 2.45) is 5.92 Å². The molecular formula is C11H16OS. The second kappa shape index (κ2) is 4.25. The summed E-state index contributed by atoms with van der Waals surface area (Å²) in [4.78, 5) is 0. The highest BCUT2D eigenvalue weighted by molar-refractivity contribution is 7.07. The summed E-state index contributed by atoms with van der Waals surface area (Å²) in [7, 11) is 0. The van der Waals surface area contributed by atoms with Gasteiger partial charge in [-0.3, -0.25) is 0 Å². The highest BCUT2D eigenvalue weighted by atomic mass is 32.1. The van der Waals surface area contributed by atoms with E-state index in [1.807, 2.05) is 0 Å². The molecule has 1 heterocycles. The molecule has 1 aromatic rings. The zero-order valence-corrected chi connectivity index (χ0v) is 8.59. The van der Waals surface area contributed by atoms with Crippen molar-refractivity contribution in [1.82, 2.24) is 0 Å². The van der Waals surface area contributed by atoms with E-state index >= 15 is 0 Å². The number of thiophene rings is 1. The summed E-state index contributed by atoms with van der Waals surface area (Å²) in [5, 5.41) is 13.7. The monoisotopic (exact) mass is 196 g/mol. The fraction of sp³-hybridized carbons (Fsp3) is 0.636. The van der Waals surface area contributed by atoms with E-state index in [4.69, 9.17) is 0 Å². The molecule has 1 nitrogen and oxygen atoms in total. The Morgan fingerprint density at radius 2 is 2.38 bits per heavy atom. The van der Waals surface area contributed by atoms with Crippen molar-refractivity contribution in [3.05, 3.63) is 22.4 Å². The van der Waals surface area contributed by atoms with Gasteiger partial charge in [0.25, 0.3) is 0 Å². The first kappa shape index (κ1) is 9.22. The maximum atomic E-state index is 9.36. The van der Waals surface area contributed by atoms with Gasteiger partial charge in [0.1, 0.15) is 0 Å². The molecule has 0 radical (unpaired) electrons. The molecule has 0 aliphatic heterocycles. The van der Waals surface area contributed by atoms with Crippen LogP contribution in [0.5, 0.6) is 0 Å². The fourth-order valence-electron chi connectivity index (χ4n) is 2.12. The lowest BCUT2D eigenvalue weighted by atomic mass is 9.99. The SMILES string of the molecule is OC1CCC(CCc2ccsc2)C1. The third-order valence-corrected chi connectivity index (χ3v) is 3.67. The predicted molar refractivity (Wildman–Crippen MR) is 56.0 cm³/mol. The van der Waals surface area contributed by atoms with E-state index in [1.54, 1.807) is 11.3 Å². The number of hydrogen-bond donors (Lipinski definition) is 1. The minimum atomic E-state index is -0.00697. The van der Waals surface area contributed by atoms with Crippen LogP contribution in [0.1, 0.15) is 31.2 Å². The summed E-state index contributed by atoms with van der Waals surface area (Å²) in [6.07, 6.45) is 5.73. The second-order valence-corrected chi connectivity index (χ2v) is 4.78. The molecule has 0 bridgehead atoms. The molecule has 1 saturated carbocycles. The summed E-state index contributed by atoms with van der Waals surface area (Å²) < 4.78 is 0. The summed E-state index contributed by atoms with van der Waals surface area (Å²) in [5.41, 5.74) is 1.46. The van der Waals surface area contributed by atoms with Crippen LogP contribution in [0.2, 0.25) is 0 Å². The van der Waals surface area contributed by atoms with E-state index in [-0.39, 0.29) is 6.10 Å². The van der Waals surface area contributed by atoms with E-state index in [2.05, 4.69) is 16.8 Å². The van der Waals surface area contributed by atoms with Crippen LogP contribution >= 0.6 is 11.3 Å². The smallest absolute Gasteiger partial charge is 0.0543 e. The van der Waals surface area contributed by atoms with Gasteiger partial charge in [0.2, 0.25) is 0 Å². The van der Waals surface area contributed by atoms with E-state index < -0.39 is 0 Å². The molecule has 1 aliphatic carbocycles. The van der Waals surface area contributed by atoms with Crippen LogP contribution in [0.3, 0.4) is 0 Å². The molecule has 1 fully saturated rings. The van der Waals surface area contributed by atoms with Crippen LogP contribution in [-0.2, 0) is 6.42 Å². The molecule has 0 spiro atoms. The summed E-state index contributed by atoms with van der Waals surface area (Å²) in [6, 6.07) is 2.20. The van der Waals surface area contributed by atoms with E-state index in [0.29, 0.717) is 0 Å². The Balaban J connectivity index is 1.74. The number of aliphatic hydroxyl groups excluding tert-OH is 1. The molecule has 1 aliphatic rings. The molecule has 0 saturated heterocycles. The Hall–Kier alpha value is -0.340. The largest absolute Gasteiger partial charge is 0.393 e. The maximum Gasteiger partial charge on any atom is 0.0543 e. The van der Waals surface area contributed by atoms with Gasteiger partial charge in [-0.2, -0.15) is 11.3 Å². The molecule has 1 N–H and O–H groups in total. The minimum absolute atomic E-state index is 0.00697. The average molecular weight is 196 g/mol. The average Bonchev–Trinajstić information content (AvgIpc) is 2.71. The van der Waals surface area contributed by atoms with Gasteiger partial charge in [-0.25, -0.2) is 0 Å². The molecule has 13 heavy (non-hydrogen) atoms. The Labute approximate surface area is 83.4 Å². The van der Waals surface area contributed by atoms with E-state index in [1.165, 1.54) is 24.8 Å². The molecule has 2 heteroatoms. The fourth-order valence-corrected chi connectivity index (χ4v) is 2.82. The Bertz CT molecular complexity index is 243. The summed E-state index contributed by atoms with van der Waals surface area (Å²) in [5.74, 6) is 0.773. The van der Waals surface area contributed by atoms with Gasteiger partial charge in [0, 0.05) is 0 Å². The molecule has 0 aromatic carbocycles. The predicted octanol–water partition coefficient (Wildman–Crippen LogP) is 2.84. The Kier molecular flexibility index (Phi) is 3.01. The highest BCUT2D eigenvalue weighted by Gasteiger charge is 2.22. The number of aryl methyl sites for hydroxylation is 1. The molecule has 2 unspecified atom stereocenters. The van der Waals surface area contributed by atoms with Crippen molar-refractivity contribution < 1.29 is 5.11 Å². The lowest BCUT2D eigenvalue weighted by Crippen LogP contribution is -2.01. The van der Waals surface area contributed by atoms with Gasteiger partial charge in [0.05, 0.1) is 6.10 Å². The quantitative estimate of drug-likeness (QED) is 0.788. The zero-order chi connectivity index (χ0) is 9.10. The van der Waals surface area contributed by atoms with Crippen molar-refractivity contribution in [3.8, 4) is 0 Å². The number of hydrogen-bond acceptors (Lipinski definition) is 2. The van der Waals surface area contributed by atoms with Gasteiger partial charge in [-0.1, -0.05) is 0 Å². The Morgan fingerprint density at radius 3 is 3.00 bits per heavy atom. The van der Waals surface area contributed by atoms with Crippen LogP contribution < -0.4 is 0 Å². The van der Waals surface area contributed by atoms with Gasteiger partial charge in [-0.15, -0.1) is 0 Å². The first-order valence-corrected chi connectivity index (χ1v) is 5.98. The van der Waals surface area contributed by atoms with Crippen LogP contribution in [0.25, 0.3) is 0 Å². The lowest BCUT2D eigenvalue weighted by molar-refractivity contribution is 0.177. The van der Waals surface area contributed by atoms with Crippen LogP contribution in [-0.4, -0.2) is 11.2 Å². The van der Waals surface area contributed by atoms with Gasteiger partial charge >= 0.3 is 0 Å². The van der Waals surface area contributed by atoms with E-state index in [9.17, 15) is 5.11 Å². The van der Waals surface area contributed by atoms with Crippen molar-refractivity contribution >= 4 is 11.3 Å². The first-order chi connectivity index (χ1) is 6.34. The first-order valence-electron chi connectivity index (χ1n) is 5.04. The molecule has 2 atom stereocenters. The lowest BCUT2D eigenvalue weighted by Gasteiger charge is -2.07. The summed E-state index contributed by atoms with van der Waals surface area (Å²) in [6.45, 7) is 0. The second-order valence-electron chi connectivity index (χ2n) is 4.00. The van der Waals surface area contributed by atoms with Crippen LogP contribution in [0.4, 0.5) is 0 Å². The van der Waals surface area contributed by atoms with Crippen LogP contribution in [0, 0.1) is 5.92 Å². The van der Waals surface area contributed by atoms with Crippen molar-refractivity contribution in [3.63, 3.8) is 0 Å². The summed E-state index contributed by atoms with van der Waals surface area (Å²) >= 11 is 1.77. The van der Waals surface area contributed by atoms with Gasteiger partial charge < -0.3 is 5.11 Å². The Morgan fingerprint density at radius 1 is 1.46 bits per heavy atom. The van der Waals surface area contributed by atoms with E-state index in [0.717, 1.165) is 18.8 Å². The normalized spacial score (nSPS) is 28.1. The molecule has 1 aromatic heterocycles. The topological polar surface area (TPSA) is 20.2 Å².